The number of hydrogen-bond donors (Lipinski definition) is 1. The molecule has 1 unspecified atom stereocenters. The lowest BCUT2D eigenvalue weighted by Gasteiger charge is -2.32. The zero-order valence-electron chi connectivity index (χ0n) is 12.5. The monoisotopic (exact) mass is 327 g/mol. The fourth-order valence-corrected chi connectivity index (χ4v) is 3.67. The van der Waals surface area contributed by atoms with Crippen molar-refractivity contribution in [1.82, 2.24) is 0 Å². The lowest BCUT2D eigenvalue weighted by Crippen LogP contribution is -2.42. The van der Waals surface area contributed by atoms with Gasteiger partial charge in [-0.15, -0.1) is 0 Å². The van der Waals surface area contributed by atoms with Gasteiger partial charge in [0.1, 0.15) is 5.82 Å². The minimum atomic E-state index is -3.24. The molecule has 0 radical (unpaired) electrons. The summed E-state index contributed by atoms with van der Waals surface area (Å²) in [7, 11) is 0. The van der Waals surface area contributed by atoms with Crippen molar-refractivity contribution in [3.05, 3.63) is 64.5 Å². The van der Waals surface area contributed by atoms with Crippen LogP contribution in [0.15, 0.2) is 36.4 Å². The van der Waals surface area contributed by atoms with Crippen LogP contribution in [0, 0.1) is 17.1 Å². The van der Waals surface area contributed by atoms with E-state index in [0.29, 0.717) is 22.3 Å². The van der Waals surface area contributed by atoms with Crippen molar-refractivity contribution in [2.24, 2.45) is 0 Å². The number of rotatable bonds is 1. The quantitative estimate of drug-likeness (QED) is 0.855. The Morgan fingerprint density at radius 2 is 1.83 bits per heavy atom. The van der Waals surface area contributed by atoms with Crippen molar-refractivity contribution in [2.45, 2.75) is 24.4 Å². The first-order valence-corrected chi connectivity index (χ1v) is 7.49. The van der Waals surface area contributed by atoms with Crippen molar-refractivity contribution >= 4 is 6.08 Å². The Morgan fingerprint density at radius 3 is 2.58 bits per heavy atom. The molecule has 0 amide bonds. The number of nitrogens with zero attached hydrogens (tertiary/aromatic N) is 1. The van der Waals surface area contributed by atoms with E-state index in [9.17, 15) is 18.3 Å². The molecule has 5 heteroatoms. The summed E-state index contributed by atoms with van der Waals surface area (Å²) in [4.78, 5) is 0. The highest BCUT2D eigenvalue weighted by atomic mass is 19.3. The highest BCUT2D eigenvalue weighted by Crippen LogP contribution is 2.54. The third-order valence-electron chi connectivity index (χ3n) is 4.75. The zero-order chi connectivity index (χ0) is 17.1. The standard InChI is InChI=1S/C19H12F3NO/c20-16-5-11(10-23)4-13(8-16)14-6-12-2-1-3-18(24)17(12)15(7-14)9-19(18,21)22/h1-2,4-8,24H,3,9H2. The first-order chi connectivity index (χ1) is 11.3. The van der Waals surface area contributed by atoms with Crippen LogP contribution in [-0.4, -0.2) is 11.0 Å². The Morgan fingerprint density at radius 1 is 1.08 bits per heavy atom. The predicted octanol–water partition coefficient (Wildman–Crippen LogP) is 4.16. The van der Waals surface area contributed by atoms with Crippen LogP contribution < -0.4 is 0 Å². The molecular formula is C19H12F3NO. The van der Waals surface area contributed by atoms with Gasteiger partial charge < -0.3 is 5.11 Å². The van der Waals surface area contributed by atoms with Crippen LogP contribution in [0.5, 0.6) is 0 Å². The van der Waals surface area contributed by atoms with Crippen LogP contribution in [0.25, 0.3) is 17.2 Å². The summed E-state index contributed by atoms with van der Waals surface area (Å²) >= 11 is 0. The highest BCUT2D eigenvalue weighted by molar-refractivity contribution is 5.74. The Labute approximate surface area is 136 Å². The van der Waals surface area contributed by atoms with E-state index in [1.807, 2.05) is 6.07 Å². The van der Waals surface area contributed by atoms with Gasteiger partial charge in [-0.1, -0.05) is 18.2 Å². The van der Waals surface area contributed by atoms with Gasteiger partial charge in [0.05, 0.1) is 11.6 Å². The fraction of sp³-hybridized carbons (Fsp3) is 0.211. The summed E-state index contributed by atoms with van der Waals surface area (Å²) in [6.45, 7) is 0. The van der Waals surface area contributed by atoms with Crippen LogP contribution in [0.3, 0.4) is 0 Å². The second-order valence-corrected chi connectivity index (χ2v) is 6.29. The maximum atomic E-state index is 14.3. The molecule has 2 nitrogen and oxygen atoms in total. The van der Waals surface area contributed by atoms with E-state index in [1.54, 1.807) is 18.2 Å². The molecule has 0 saturated carbocycles. The molecule has 1 atom stereocenters. The summed E-state index contributed by atoms with van der Waals surface area (Å²) in [6, 6.07) is 8.99. The van der Waals surface area contributed by atoms with Gasteiger partial charge in [-0.05, 0) is 46.5 Å². The Balaban J connectivity index is 1.94. The second kappa shape index (κ2) is 4.71. The molecule has 120 valence electrons. The molecule has 0 bridgehead atoms. The molecule has 24 heavy (non-hydrogen) atoms. The van der Waals surface area contributed by atoms with Crippen molar-refractivity contribution in [2.75, 3.05) is 0 Å². The summed E-state index contributed by atoms with van der Waals surface area (Å²) in [5.74, 6) is -3.80. The first kappa shape index (κ1) is 15.0. The highest BCUT2D eigenvalue weighted by Gasteiger charge is 2.60. The second-order valence-electron chi connectivity index (χ2n) is 6.29. The van der Waals surface area contributed by atoms with Gasteiger partial charge in [0, 0.05) is 18.4 Å². The van der Waals surface area contributed by atoms with Gasteiger partial charge in [0.15, 0.2) is 5.60 Å². The van der Waals surface area contributed by atoms with Gasteiger partial charge in [-0.2, -0.15) is 5.26 Å². The topological polar surface area (TPSA) is 44.0 Å². The Bertz CT molecular complexity index is 942. The number of aliphatic hydroxyl groups is 1. The third kappa shape index (κ3) is 1.93. The van der Waals surface area contributed by atoms with Gasteiger partial charge in [-0.3, -0.25) is 0 Å². The lowest BCUT2D eigenvalue weighted by molar-refractivity contribution is -0.173. The number of halogens is 3. The van der Waals surface area contributed by atoms with Crippen LogP contribution in [0.2, 0.25) is 0 Å². The van der Waals surface area contributed by atoms with Crippen molar-refractivity contribution in [1.29, 1.82) is 5.26 Å². The molecule has 0 aliphatic heterocycles. The summed E-state index contributed by atoms with van der Waals surface area (Å²) in [6.07, 6.45) is 2.55. The molecule has 4 rings (SSSR count). The van der Waals surface area contributed by atoms with Crippen LogP contribution in [-0.2, 0) is 12.0 Å². The fourth-order valence-electron chi connectivity index (χ4n) is 3.67. The number of nitriles is 1. The average Bonchev–Trinajstić information content (AvgIpc) is 2.73. The SMILES string of the molecule is N#Cc1cc(F)cc(-c2cc3c4c(c2)CC(F)(F)C4(O)CC=C3)c1. The molecule has 0 fully saturated rings. The van der Waals surface area contributed by atoms with E-state index in [0.717, 1.165) is 6.07 Å². The largest absolute Gasteiger partial charge is 0.378 e. The van der Waals surface area contributed by atoms with Crippen molar-refractivity contribution in [3.8, 4) is 17.2 Å². The van der Waals surface area contributed by atoms with E-state index in [4.69, 9.17) is 5.26 Å². The minimum absolute atomic E-state index is 0.127. The zero-order valence-corrected chi connectivity index (χ0v) is 12.5. The van der Waals surface area contributed by atoms with Crippen LogP contribution in [0.4, 0.5) is 13.2 Å². The number of benzene rings is 2. The van der Waals surface area contributed by atoms with Gasteiger partial charge in [-0.25, -0.2) is 13.2 Å². The predicted molar refractivity (Wildman–Crippen MR) is 82.7 cm³/mol. The Hall–Kier alpha value is -2.58. The maximum Gasteiger partial charge on any atom is 0.284 e. The molecule has 2 aromatic rings. The molecule has 0 aromatic heterocycles. The number of hydrogen-bond acceptors (Lipinski definition) is 2. The average molecular weight is 327 g/mol. The molecule has 0 saturated heterocycles. The van der Waals surface area contributed by atoms with Gasteiger partial charge in [0.2, 0.25) is 0 Å². The molecule has 0 spiro atoms. The molecule has 2 aliphatic carbocycles. The Kier molecular flexibility index (Phi) is 2.94. The van der Waals surface area contributed by atoms with Crippen molar-refractivity contribution in [3.63, 3.8) is 0 Å². The molecule has 0 heterocycles. The smallest absolute Gasteiger partial charge is 0.284 e. The third-order valence-corrected chi connectivity index (χ3v) is 4.75. The first-order valence-electron chi connectivity index (χ1n) is 7.49. The molecule has 2 aliphatic rings. The summed E-state index contributed by atoms with van der Waals surface area (Å²) in [5, 5.41) is 19.5. The van der Waals surface area contributed by atoms with Gasteiger partial charge >= 0.3 is 0 Å². The lowest BCUT2D eigenvalue weighted by atomic mass is 9.82. The maximum absolute atomic E-state index is 14.3. The number of alkyl halides is 2. The summed E-state index contributed by atoms with van der Waals surface area (Å²) < 4.78 is 42.3. The van der Waals surface area contributed by atoms with Gasteiger partial charge in [0.25, 0.3) is 5.92 Å². The van der Waals surface area contributed by atoms with E-state index in [2.05, 4.69) is 0 Å². The summed E-state index contributed by atoms with van der Waals surface area (Å²) in [5.41, 5.74) is 0.116. The normalized spacial score (nSPS) is 23.0. The molecular weight excluding hydrogens is 315 g/mol. The molecule has 1 N–H and O–H groups in total. The van der Waals surface area contributed by atoms with Crippen LogP contribution in [0.1, 0.15) is 28.7 Å². The van der Waals surface area contributed by atoms with E-state index in [1.165, 1.54) is 18.2 Å². The van der Waals surface area contributed by atoms with Crippen molar-refractivity contribution < 1.29 is 18.3 Å². The van der Waals surface area contributed by atoms with E-state index in [-0.39, 0.29) is 17.5 Å². The van der Waals surface area contributed by atoms with E-state index < -0.39 is 23.8 Å². The molecule has 2 aromatic carbocycles. The van der Waals surface area contributed by atoms with Crippen LogP contribution >= 0.6 is 0 Å². The minimum Gasteiger partial charge on any atom is -0.378 e. The van der Waals surface area contributed by atoms with E-state index >= 15 is 0 Å².